The molecule has 98 valence electrons. The van der Waals surface area contributed by atoms with Crippen molar-refractivity contribution < 1.29 is 4.92 Å². The number of aryl methyl sites for hydroxylation is 2. The highest BCUT2D eigenvalue weighted by molar-refractivity contribution is 5.62. The minimum Gasteiger partial charge on any atom is -0.368 e. The largest absolute Gasteiger partial charge is 0.368 e. The molecule has 0 atom stereocenters. The minimum atomic E-state index is -0.417. The fraction of sp³-hybridized carbons (Fsp3) is 0.167. The van der Waals surface area contributed by atoms with E-state index >= 15 is 0 Å². The van der Waals surface area contributed by atoms with E-state index < -0.39 is 4.92 Å². The summed E-state index contributed by atoms with van der Waals surface area (Å²) in [7, 11) is 0. The Bertz CT molecular complexity index is 622. The van der Waals surface area contributed by atoms with Crippen LogP contribution in [0.4, 0.5) is 23.1 Å². The standard InChI is InChI=1S/C12H13N5O2/c1-7-3-4-9(6-10(7)17(18)19)15-11-5-8(2)14-12(13)16-11/h3-6H,1-2H3,(H3,13,14,15,16). The molecule has 1 aromatic carbocycles. The number of anilines is 3. The first kappa shape index (κ1) is 12.7. The molecule has 7 nitrogen and oxygen atoms in total. The maximum atomic E-state index is 10.9. The van der Waals surface area contributed by atoms with Crippen molar-refractivity contribution >= 4 is 23.1 Å². The van der Waals surface area contributed by atoms with Gasteiger partial charge < -0.3 is 11.1 Å². The predicted molar refractivity (Wildman–Crippen MR) is 72.3 cm³/mol. The summed E-state index contributed by atoms with van der Waals surface area (Å²) in [6.07, 6.45) is 0. The van der Waals surface area contributed by atoms with Gasteiger partial charge in [-0.2, -0.15) is 4.98 Å². The Morgan fingerprint density at radius 2 is 2.00 bits per heavy atom. The monoisotopic (exact) mass is 259 g/mol. The second-order valence-electron chi connectivity index (χ2n) is 4.14. The van der Waals surface area contributed by atoms with Crippen molar-refractivity contribution in [3.63, 3.8) is 0 Å². The molecule has 0 aliphatic rings. The molecule has 19 heavy (non-hydrogen) atoms. The van der Waals surface area contributed by atoms with Gasteiger partial charge in [0.05, 0.1) is 4.92 Å². The molecular weight excluding hydrogens is 246 g/mol. The number of nitro groups is 1. The fourth-order valence-corrected chi connectivity index (χ4v) is 1.69. The van der Waals surface area contributed by atoms with Crippen LogP contribution in [0.3, 0.4) is 0 Å². The molecule has 0 radical (unpaired) electrons. The zero-order chi connectivity index (χ0) is 14.0. The van der Waals surface area contributed by atoms with Crippen molar-refractivity contribution in [2.75, 3.05) is 11.1 Å². The predicted octanol–water partition coefficient (Wildman–Crippen LogP) is 2.33. The molecule has 0 saturated carbocycles. The molecule has 3 N–H and O–H groups in total. The Balaban J connectivity index is 2.33. The van der Waals surface area contributed by atoms with Crippen molar-refractivity contribution in [3.05, 3.63) is 45.6 Å². The Morgan fingerprint density at radius 1 is 1.26 bits per heavy atom. The number of aromatic nitrogens is 2. The first-order valence-electron chi connectivity index (χ1n) is 5.59. The van der Waals surface area contributed by atoms with Crippen LogP contribution in [0.1, 0.15) is 11.3 Å². The zero-order valence-electron chi connectivity index (χ0n) is 10.5. The highest BCUT2D eigenvalue weighted by atomic mass is 16.6. The van der Waals surface area contributed by atoms with Gasteiger partial charge >= 0.3 is 0 Å². The summed E-state index contributed by atoms with van der Waals surface area (Å²) in [6, 6.07) is 6.60. The summed E-state index contributed by atoms with van der Waals surface area (Å²) in [4.78, 5) is 18.4. The van der Waals surface area contributed by atoms with Crippen LogP contribution in [0.2, 0.25) is 0 Å². The third kappa shape index (κ3) is 2.95. The maximum Gasteiger partial charge on any atom is 0.274 e. The van der Waals surface area contributed by atoms with E-state index in [0.29, 0.717) is 17.1 Å². The molecule has 0 unspecified atom stereocenters. The van der Waals surface area contributed by atoms with E-state index in [1.54, 1.807) is 32.0 Å². The van der Waals surface area contributed by atoms with Crippen molar-refractivity contribution in [1.82, 2.24) is 9.97 Å². The molecule has 0 spiro atoms. The number of nitrogen functional groups attached to an aromatic ring is 1. The number of nitrogens with zero attached hydrogens (tertiary/aromatic N) is 3. The van der Waals surface area contributed by atoms with E-state index in [4.69, 9.17) is 5.73 Å². The zero-order valence-corrected chi connectivity index (χ0v) is 10.5. The summed E-state index contributed by atoms with van der Waals surface area (Å²) >= 11 is 0. The molecule has 1 heterocycles. The fourth-order valence-electron chi connectivity index (χ4n) is 1.69. The number of nitrogens with two attached hydrogens (primary N) is 1. The van der Waals surface area contributed by atoms with Gasteiger partial charge in [0.1, 0.15) is 5.82 Å². The minimum absolute atomic E-state index is 0.0590. The molecule has 0 saturated heterocycles. The van der Waals surface area contributed by atoms with Gasteiger partial charge in [0.25, 0.3) is 5.69 Å². The molecule has 0 amide bonds. The molecule has 2 aromatic rings. The van der Waals surface area contributed by atoms with Crippen LogP contribution in [-0.4, -0.2) is 14.9 Å². The van der Waals surface area contributed by atoms with Gasteiger partial charge in [-0.25, -0.2) is 4.98 Å². The maximum absolute atomic E-state index is 10.9. The lowest BCUT2D eigenvalue weighted by molar-refractivity contribution is -0.385. The average molecular weight is 259 g/mol. The summed E-state index contributed by atoms with van der Waals surface area (Å²) in [5.74, 6) is 0.660. The Kier molecular flexibility index (Phi) is 3.28. The number of hydrogen-bond donors (Lipinski definition) is 2. The van der Waals surface area contributed by atoms with E-state index in [1.807, 2.05) is 0 Å². The van der Waals surface area contributed by atoms with Crippen molar-refractivity contribution in [3.8, 4) is 0 Å². The van der Waals surface area contributed by atoms with Crippen molar-refractivity contribution in [2.24, 2.45) is 0 Å². The van der Waals surface area contributed by atoms with Crippen molar-refractivity contribution in [2.45, 2.75) is 13.8 Å². The second kappa shape index (κ2) is 4.89. The molecule has 0 bridgehead atoms. The van der Waals surface area contributed by atoms with Gasteiger partial charge in [-0.05, 0) is 19.9 Å². The quantitative estimate of drug-likeness (QED) is 0.647. The van der Waals surface area contributed by atoms with Gasteiger partial charge in [-0.3, -0.25) is 10.1 Å². The first-order chi connectivity index (χ1) is 8.95. The molecule has 0 fully saturated rings. The molecule has 1 aromatic heterocycles. The third-order valence-corrected chi connectivity index (χ3v) is 2.55. The van der Waals surface area contributed by atoms with E-state index in [1.165, 1.54) is 6.07 Å². The lowest BCUT2D eigenvalue weighted by Crippen LogP contribution is -2.02. The van der Waals surface area contributed by atoms with Crippen LogP contribution in [0, 0.1) is 24.0 Å². The van der Waals surface area contributed by atoms with Gasteiger partial charge in [0.15, 0.2) is 0 Å². The topological polar surface area (TPSA) is 107 Å². The van der Waals surface area contributed by atoms with Gasteiger partial charge in [-0.15, -0.1) is 0 Å². The van der Waals surface area contributed by atoms with Gasteiger partial charge in [0.2, 0.25) is 5.95 Å². The lowest BCUT2D eigenvalue weighted by Gasteiger charge is -2.07. The van der Waals surface area contributed by atoms with E-state index in [-0.39, 0.29) is 11.6 Å². The van der Waals surface area contributed by atoms with Gasteiger partial charge in [0, 0.05) is 29.1 Å². The summed E-state index contributed by atoms with van der Waals surface area (Å²) in [5.41, 5.74) is 7.51. The number of benzene rings is 1. The van der Waals surface area contributed by atoms with Crippen LogP contribution in [-0.2, 0) is 0 Å². The highest BCUT2D eigenvalue weighted by Gasteiger charge is 2.11. The number of nitro benzene ring substituents is 1. The molecule has 0 aliphatic heterocycles. The number of nitrogens with one attached hydrogen (secondary N) is 1. The van der Waals surface area contributed by atoms with E-state index in [9.17, 15) is 10.1 Å². The van der Waals surface area contributed by atoms with Gasteiger partial charge in [-0.1, -0.05) is 6.07 Å². The van der Waals surface area contributed by atoms with Crippen LogP contribution in [0.15, 0.2) is 24.3 Å². The highest BCUT2D eigenvalue weighted by Crippen LogP contribution is 2.24. The number of rotatable bonds is 3. The molecular formula is C12H13N5O2. The molecule has 0 aliphatic carbocycles. The van der Waals surface area contributed by atoms with Crippen LogP contribution in [0.25, 0.3) is 0 Å². The number of hydrogen-bond acceptors (Lipinski definition) is 6. The average Bonchev–Trinajstić information content (AvgIpc) is 2.30. The normalized spacial score (nSPS) is 10.2. The molecule has 2 rings (SSSR count). The SMILES string of the molecule is Cc1cc(Nc2ccc(C)c([N+](=O)[O-])c2)nc(N)n1. The Hall–Kier alpha value is -2.70. The summed E-state index contributed by atoms with van der Waals surface area (Å²) in [6.45, 7) is 3.48. The second-order valence-corrected chi connectivity index (χ2v) is 4.14. The summed E-state index contributed by atoms with van der Waals surface area (Å²) < 4.78 is 0. The van der Waals surface area contributed by atoms with Crippen LogP contribution >= 0.6 is 0 Å². The Labute approximate surface area is 109 Å². The van der Waals surface area contributed by atoms with Crippen LogP contribution < -0.4 is 11.1 Å². The third-order valence-electron chi connectivity index (χ3n) is 2.55. The first-order valence-corrected chi connectivity index (χ1v) is 5.59. The van der Waals surface area contributed by atoms with Crippen LogP contribution in [0.5, 0.6) is 0 Å². The molecule has 7 heteroatoms. The van der Waals surface area contributed by atoms with E-state index in [2.05, 4.69) is 15.3 Å². The van der Waals surface area contributed by atoms with Crippen molar-refractivity contribution in [1.29, 1.82) is 0 Å². The van der Waals surface area contributed by atoms with E-state index in [0.717, 1.165) is 5.69 Å². The summed E-state index contributed by atoms with van der Waals surface area (Å²) in [5, 5.41) is 13.8. The lowest BCUT2D eigenvalue weighted by atomic mass is 10.2. The smallest absolute Gasteiger partial charge is 0.274 e. The Morgan fingerprint density at radius 3 is 2.63 bits per heavy atom.